The van der Waals surface area contributed by atoms with E-state index in [2.05, 4.69) is 0 Å². The largest absolute Gasteiger partial charge is 0.496 e. The maximum atomic E-state index is 9.27. The zero-order valence-electron chi connectivity index (χ0n) is 7.66. The predicted molar refractivity (Wildman–Crippen MR) is 48.4 cm³/mol. The Morgan fingerprint density at radius 1 is 1.42 bits per heavy atom. The summed E-state index contributed by atoms with van der Waals surface area (Å²) in [5.41, 5.74) is 1.98. The van der Waals surface area contributed by atoms with Crippen LogP contribution in [0.25, 0.3) is 0 Å². The molecule has 66 valence electrons. The van der Waals surface area contributed by atoms with Crippen molar-refractivity contribution in [1.82, 2.24) is 0 Å². The van der Waals surface area contributed by atoms with Crippen LogP contribution in [0.1, 0.15) is 24.2 Å². The zero-order chi connectivity index (χ0) is 9.14. The van der Waals surface area contributed by atoms with Gasteiger partial charge in [0, 0.05) is 0 Å². The number of methoxy groups -OCH3 is 1. The van der Waals surface area contributed by atoms with Gasteiger partial charge in [0.2, 0.25) is 0 Å². The smallest absolute Gasteiger partial charge is 0.121 e. The molecule has 0 aromatic heterocycles. The van der Waals surface area contributed by atoms with E-state index in [-0.39, 0.29) is 0 Å². The van der Waals surface area contributed by atoms with E-state index in [1.165, 1.54) is 0 Å². The standard InChI is InChI=1S/C10H14O2/c1-7-6-9(8(2)11)4-5-10(7)12-3/h4-6,8,11H,1-3H3. The van der Waals surface area contributed by atoms with Crippen LogP contribution in [-0.4, -0.2) is 12.2 Å². The Labute approximate surface area is 72.8 Å². The highest BCUT2D eigenvalue weighted by molar-refractivity contribution is 5.36. The number of ether oxygens (including phenoxy) is 1. The molecular weight excluding hydrogens is 152 g/mol. The first-order valence-corrected chi connectivity index (χ1v) is 3.97. The molecule has 0 bridgehead atoms. The van der Waals surface area contributed by atoms with E-state index in [9.17, 15) is 5.11 Å². The van der Waals surface area contributed by atoms with E-state index in [1.807, 2.05) is 25.1 Å². The maximum absolute atomic E-state index is 9.27. The monoisotopic (exact) mass is 166 g/mol. The number of rotatable bonds is 2. The Balaban J connectivity index is 3.02. The molecule has 1 rings (SSSR count). The fraction of sp³-hybridized carbons (Fsp3) is 0.400. The lowest BCUT2D eigenvalue weighted by atomic mass is 10.1. The maximum Gasteiger partial charge on any atom is 0.121 e. The van der Waals surface area contributed by atoms with Crippen LogP contribution < -0.4 is 4.74 Å². The highest BCUT2D eigenvalue weighted by Crippen LogP contribution is 2.21. The molecular formula is C10H14O2. The molecule has 12 heavy (non-hydrogen) atoms. The Morgan fingerprint density at radius 2 is 2.08 bits per heavy atom. The van der Waals surface area contributed by atoms with Gasteiger partial charge in [-0.2, -0.15) is 0 Å². The fourth-order valence-corrected chi connectivity index (χ4v) is 1.16. The Kier molecular flexibility index (Phi) is 2.71. The van der Waals surface area contributed by atoms with Gasteiger partial charge >= 0.3 is 0 Å². The molecule has 0 aliphatic heterocycles. The molecule has 1 unspecified atom stereocenters. The molecule has 0 aliphatic carbocycles. The van der Waals surface area contributed by atoms with E-state index < -0.39 is 6.10 Å². The van der Waals surface area contributed by atoms with Gasteiger partial charge in [-0.3, -0.25) is 0 Å². The van der Waals surface area contributed by atoms with E-state index in [0.717, 1.165) is 16.9 Å². The summed E-state index contributed by atoms with van der Waals surface area (Å²) in [5, 5.41) is 9.27. The van der Waals surface area contributed by atoms with Crippen molar-refractivity contribution < 1.29 is 9.84 Å². The van der Waals surface area contributed by atoms with Crippen LogP contribution in [0.15, 0.2) is 18.2 Å². The van der Waals surface area contributed by atoms with Crippen LogP contribution in [0.5, 0.6) is 5.75 Å². The molecule has 1 aromatic rings. The highest BCUT2D eigenvalue weighted by Gasteiger charge is 2.03. The normalized spacial score (nSPS) is 12.7. The van der Waals surface area contributed by atoms with Crippen LogP contribution in [0.3, 0.4) is 0 Å². The molecule has 0 spiro atoms. The number of aliphatic hydroxyl groups excluding tert-OH is 1. The summed E-state index contributed by atoms with van der Waals surface area (Å²) in [5.74, 6) is 0.861. The molecule has 0 fully saturated rings. The lowest BCUT2D eigenvalue weighted by Gasteiger charge is -2.08. The average Bonchev–Trinajstić information content (AvgIpc) is 2.04. The first-order valence-electron chi connectivity index (χ1n) is 3.97. The minimum Gasteiger partial charge on any atom is -0.496 e. The summed E-state index contributed by atoms with van der Waals surface area (Å²) in [4.78, 5) is 0. The van der Waals surface area contributed by atoms with Crippen LogP contribution in [0, 0.1) is 6.92 Å². The summed E-state index contributed by atoms with van der Waals surface area (Å²) in [6.45, 7) is 3.71. The van der Waals surface area contributed by atoms with Crippen molar-refractivity contribution in [2.24, 2.45) is 0 Å². The van der Waals surface area contributed by atoms with Gasteiger partial charge in [-0.25, -0.2) is 0 Å². The third-order valence-electron chi connectivity index (χ3n) is 1.90. The summed E-state index contributed by atoms with van der Waals surface area (Å²) in [7, 11) is 1.64. The SMILES string of the molecule is COc1ccc(C(C)O)cc1C. The van der Waals surface area contributed by atoms with Crippen molar-refractivity contribution in [1.29, 1.82) is 0 Å². The van der Waals surface area contributed by atoms with Crippen LogP contribution in [0.4, 0.5) is 0 Å². The number of hydrogen-bond donors (Lipinski definition) is 1. The van der Waals surface area contributed by atoms with Gasteiger partial charge < -0.3 is 9.84 Å². The van der Waals surface area contributed by atoms with Gasteiger partial charge in [0.25, 0.3) is 0 Å². The van der Waals surface area contributed by atoms with Crippen molar-refractivity contribution in [3.8, 4) is 5.75 Å². The summed E-state index contributed by atoms with van der Waals surface area (Å²) >= 11 is 0. The van der Waals surface area contributed by atoms with Gasteiger partial charge in [0.05, 0.1) is 13.2 Å². The van der Waals surface area contributed by atoms with Crippen molar-refractivity contribution >= 4 is 0 Å². The molecule has 0 heterocycles. The zero-order valence-corrected chi connectivity index (χ0v) is 7.66. The van der Waals surface area contributed by atoms with E-state index in [1.54, 1.807) is 14.0 Å². The Hall–Kier alpha value is -1.02. The third kappa shape index (κ3) is 1.77. The quantitative estimate of drug-likeness (QED) is 0.728. The summed E-state index contributed by atoms with van der Waals surface area (Å²) in [6, 6.07) is 5.68. The van der Waals surface area contributed by atoms with Gasteiger partial charge in [0.15, 0.2) is 0 Å². The Morgan fingerprint density at radius 3 is 2.50 bits per heavy atom. The number of aryl methyl sites for hydroxylation is 1. The predicted octanol–water partition coefficient (Wildman–Crippen LogP) is 2.06. The molecule has 1 N–H and O–H groups in total. The van der Waals surface area contributed by atoms with Gasteiger partial charge in [0.1, 0.15) is 5.75 Å². The molecule has 0 radical (unpaired) electrons. The second-order valence-corrected chi connectivity index (χ2v) is 2.91. The first-order chi connectivity index (χ1) is 5.65. The topological polar surface area (TPSA) is 29.5 Å². The van der Waals surface area contributed by atoms with Crippen molar-refractivity contribution in [2.75, 3.05) is 7.11 Å². The Bertz CT molecular complexity index is 267. The van der Waals surface area contributed by atoms with E-state index in [0.29, 0.717) is 0 Å². The highest BCUT2D eigenvalue weighted by atomic mass is 16.5. The molecule has 0 aliphatic rings. The molecule has 1 atom stereocenters. The lowest BCUT2D eigenvalue weighted by Crippen LogP contribution is -1.93. The minimum atomic E-state index is -0.408. The third-order valence-corrected chi connectivity index (χ3v) is 1.90. The van der Waals surface area contributed by atoms with Crippen LogP contribution >= 0.6 is 0 Å². The van der Waals surface area contributed by atoms with Crippen molar-refractivity contribution in [3.05, 3.63) is 29.3 Å². The summed E-state index contributed by atoms with van der Waals surface area (Å²) < 4.78 is 5.10. The molecule has 0 amide bonds. The first kappa shape index (κ1) is 9.07. The lowest BCUT2D eigenvalue weighted by molar-refractivity contribution is 0.199. The second kappa shape index (κ2) is 3.59. The van der Waals surface area contributed by atoms with E-state index >= 15 is 0 Å². The number of hydrogen-bond acceptors (Lipinski definition) is 2. The average molecular weight is 166 g/mol. The molecule has 2 heteroatoms. The molecule has 0 saturated heterocycles. The summed E-state index contributed by atoms with van der Waals surface area (Å²) in [6.07, 6.45) is -0.408. The van der Waals surface area contributed by atoms with E-state index in [4.69, 9.17) is 4.74 Å². The van der Waals surface area contributed by atoms with Crippen molar-refractivity contribution in [3.63, 3.8) is 0 Å². The molecule has 0 saturated carbocycles. The van der Waals surface area contributed by atoms with Gasteiger partial charge in [-0.1, -0.05) is 6.07 Å². The van der Waals surface area contributed by atoms with Crippen LogP contribution in [-0.2, 0) is 0 Å². The fourth-order valence-electron chi connectivity index (χ4n) is 1.16. The minimum absolute atomic E-state index is 0.408. The van der Waals surface area contributed by atoms with Gasteiger partial charge in [-0.05, 0) is 37.1 Å². The number of benzene rings is 1. The number of aliphatic hydroxyl groups is 1. The van der Waals surface area contributed by atoms with Crippen LogP contribution in [0.2, 0.25) is 0 Å². The molecule has 1 aromatic carbocycles. The van der Waals surface area contributed by atoms with Gasteiger partial charge in [-0.15, -0.1) is 0 Å². The molecule has 2 nitrogen and oxygen atoms in total. The second-order valence-electron chi connectivity index (χ2n) is 2.91. The van der Waals surface area contributed by atoms with Crippen molar-refractivity contribution in [2.45, 2.75) is 20.0 Å².